The molecule has 0 radical (unpaired) electrons. The molecule has 92 valence electrons. The van der Waals surface area contributed by atoms with E-state index in [0.717, 1.165) is 11.8 Å². The quantitative estimate of drug-likeness (QED) is 0.401. The van der Waals surface area contributed by atoms with Crippen molar-refractivity contribution in [3.05, 3.63) is 0 Å². The first kappa shape index (κ1) is 15.0. The first-order valence-corrected chi connectivity index (χ1v) is 7.24. The van der Waals surface area contributed by atoms with E-state index in [1.54, 1.807) is 0 Å². The topological polar surface area (TPSA) is 0 Å². The van der Waals surface area contributed by atoms with Crippen LogP contribution in [-0.2, 0) is 0 Å². The van der Waals surface area contributed by atoms with E-state index < -0.39 is 0 Å². The summed E-state index contributed by atoms with van der Waals surface area (Å²) in [7, 11) is 0. The molecule has 2 atom stereocenters. The molecular formula is C15H32. The van der Waals surface area contributed by atoms with Crippen molar-refractivity contribution >= 4 is 0 Å². The molecule has 0 rings (SSSR count). The molecule has 0 heterocycles. The second-order valence-corrected chi connectivity index (χ2v) is 5.28. The summed E-state index contributed by atoms with van der Waals surface area (Å²) in [5, 5.41) is 0. The molecule has 15 heavy (non-hydrogen) atoms. The standard InChI is InChI=1S/C15H32/c1-5-8-9-12-15(11-7-3)13-14(4)10-6-2/h14-15H,5-13H2,1-4H3. The maximum atomic E-state index is 2.44. The summed E-state index contributed by atoms with van der Waals surface area (Å²) in [5.74, 6) is 1.97. The SMILES string of the molecule is CCCCCC(CCC)CC(C)CCC. The number of unbranched alkanes of at least 4 members (excludes halogenated alkanes) is 2. The van der Waals surface area contributed by atoms with Gasteiger partial charge in [-0.1, -0.05) is 79.1 Å². The minimum atomic E-state index is 0.952. The van der Waals surface area contributed by atoms with Gasteiger partial charge in [0.05, 0.1) is 0 Å². The zero-order valence-corrected chi connectivity index (χ0v) is 11.5. The van der Waals surface area contributed by atoms with Gasteiger partial charge in [0.2, 0.25) is 0 Å². The predicted octanol–water partition coefficient (Wildman–Crippen LogP) is 5.81. The van der Waals surface area contributed by atoms with Crippen molar-refractivity contribution in [1.82, 2.24) is 0 Å². The van der Waals surface area contributed by atoms with Gasteiger partial charge in [-0.2, -0.15) is 0 Å². The molecule has 0 aliphatic carbocycles. The largest absolute Gasteiger partial charge is 0.0654 e. The van der Waals surface area contributed by atoms with E-state index in [-0.39, 0.29) is 0 Å². The highest BCUT2D eigenvalue weighted by Crippen LogP contribution is 2.25. The second-order valence-electron chi connectivity index (χ2n) is 5.28. The van der Waals surface area contributed by atoms with E-state index >= 15 is 0 Å². The summed E-state index contributed by atoms with van der Waals surface area (Å²) >= 11 is 0. The monoisotopic (exact) mass is 212 g/mol. The normalized spacial score (nSPS) is 15.2. The summed E-state index contributed by atoms with van der Waals surface area (Å²) in [4.78, 5) is 0. The van der Waals surface area contributed by atoms with Gasteiger partial charge in [0.15, 0.2) is 0 Å². The fraction of sp³-hybridized carbons (Fsp3) is 1.00. The Morgan fingerprint density at radius 2 is 1.40 bits per heavy atom. The van der Waals surface area contributed by atoms with Crippen LogP contribution in [0.4, 0.5) is 0 Å². The minimum absolute atomic E-state index is 0.952. The Morgan fingerprint density at radius 1 is 0.733 bits per heavy atom. The third-order valence-electron chi connectivity index (χ3n) is 3.43. The van der Waals surface area contributed by atoms with Gasteiger partial charge in [-0.05, 0) is 18.3 Å². The lowest BCUT2D eigenvalue weighted by Gasteiger charge is -2.20. The number of rotatable bonds is 10. The van der Waals surface area contributed by atoms with E-state index in [1.165, 1.54) is 57.8 Å². The molecule has 0 bridgehead atoms. The van der Waals surface area contributed by atoms with Gasteiger partial charge in [0, 0.05) is 0 Å². The maximum Gasteiger partial charge on any atom is -0.0412 e. The Morgan fingerprint density at radius 3 is 1.93 bits per heavy atom. The minimum Gasteiger partial charge on any atom is -0.0654 e. The van der Waals surface area contributed by atoms with Crippen molar-refractivity contribution in [2.45, 2.75) is 85.5 Å². The Bertz CT molecular complexity index is 117. The van der Waals surface area contributed by atoms with Gasteiger partial charge in [0.1, 0.15) is 0 Å². The van der Waals surface area contributed by atoms with Crippen LogP contribution in [0.1, 0.15) is 85.5 Å². The molecule has 0 spiro atoms. The average molecular weight is 212 g/mol. The molecular weight excluding hydrogens is 180 g/mol. The van der Waals surface area contributed by atoms with Crippen LogP contribution in [0.15, 0.2) is 0 Å². The zero-order chi connectivity index (χ0) is 11.5. The summed E-state index contributed by atoms with van der Waals surface area (Å²) in [6.07, 6.45) is 12.8. The predicted molar refractivity (Wildman–Crippen MR) is 71.2 cm³/mol. The Kier molecular flexibility index (Phi) is 10.5. The molecule has 0 N–H and O–H groups in total. The molecule has 2 unspecified atom stereocenters. The summed E-state index contributed by atoms with van der Waals surface area (Å²) in [6, 6.07) is 0. The highest BCUT2D eigenvalue weighted by atomic mass is 14.2. The first-order valence-electron chi connectivity index (χ1n) is 7.24. The molecule has 0 fully saturated rings. The Hall–Kier alpha value is 0. The van der Waals surface area contributed by atoms with Crippen LogP contribution < -0.4 is 0 Å². The van der Waals surface area contributed by atoms with Gasteiger partial charge >= 0.3 is 0 Å². The Labute approximate surface area is 97.8 Å². The van der Waals surface area contributed by atoms with Crippen molar-refractivity contribution in [1.29, 1.82) is 0 Å². The van der Waals surface area contributed by atoms with Gasteiger partial charge in [0.25, 0.3) is 0 Å². The van der Waals surface area contributed by atoms with Crippen molar-refractivity contribution < 1.29 is 0 Å². The fourth-order valence-corrected chi connectivity index (χ4v) is 2.65. The average Bonchev–Trinajstić information content (AvgIpc) is 2.18. The second kappa shape index (κ2) is 10.5. The molecule has 0 aliphatic heterocycles. The highest BCUT2D eigenvalue weighted by molar-refractivity contribution is 4.64. The summed E-state index contributed by atoms with van der Waals surface area (Å²) in [6.45, 7) is 9.38. The lowest BCUT2D eigenvalue weighted by atomic mass is 9.86. The van der Waals surface area contributed by atoms with Crippen LogP contribution in [0, 0.1) is 11.8 Å². The van der Waals surface area contributed by atoms with Crippen LogP contribution in [-0.4, -0.2) is 0 Å². The van der Waals surface area contributed by atoms with Crippen LogP contribution >= 0.6 is 0 Å². The van der Waals surface area contributed by atoms with E-state index in [9.17, 15) is 0 Å². The van der Waals surface area contributed by atoms with Crippen molar-refractivity contribution in [3.63, 3.8) is 0 Å². The highest BCUT2D eigenvalue weighted by Gasteiger charge is 2.11. The van der Waals surface area contributed by atoms with Crippen molar-refractivity contribution in [2.24, 2.45) is 11.8 Å². The summed E-state index contributed by atoms with van der Waals surface area (Å²) in [5.41, 5.74) is 0. The van der Waals surface area contributed by atoms with E-state index in [2.05, 4.69) is 27.7 Å². The van der Waals surface area contributed by atoms with Crippen LogP contribution in [0.2, 0.25) is 0 Å². The molecule has 0 aromatic carbocycles. The van der Waals surface area contributed by atoms with Gasteiger partial charge in [-0.25, -0.2) is 0 Å². The lowest BCUT2D eigenvalue weighted by Crippen LogP contribution is -2.06. The van der Waals surface area contributed by atoms with Gasteiger partial charge < -0.3 is 0 Å². The van der Waals surface area contributed by atoms with Crippen LogP contribution in [0.5, 0.6) is 0 Å². The van der Waals surface area contributed by atoms with E-state index in [0.29, 0.717) is 0 Å². The van der Waals surface area contributed by atoms with Crippen LogP contribution in [0.3, 0.4) is 0 Å². The number of hydrogen-bond donors (Lipinski definition) is 0. The van der Waals surface area contributed by atoms with Crippen molar-refractivity contribution in [2.75, 3.05) is 0 Å². The molecule has 0 nitrogen and oxygen atoms in total. The molecule has 0 heteroatoms. The van der Waals surface area contributed by atoms with Gasteiger partial charge in [-0.15, -0.1) is 0 Å². The molecule has 0 saturated carbocycles. The van der Waals surface area contributed by atoms with Crippen LogP contribution in [0.25, 0.3) is 0 Å². The molecule has 0 aromatic heterocycles. The summed E-state index contributed by atoms with van der Waals surface area (Å²) < 4.78 is 0. The van der Waals surface area contributed by atoms with Crippen molar-refractivity contribution in [3.8, 4) is 0 Å². The third kappa shape index (κ3) is 8.96. The molecule has 0 aromatic rings. The first-order chi connectivity index (χ1) is 7.24. The molecule has 0 amide bonds. The molecule has 0 aliphatic rings. The Balaban J connectivity index is 3.70. The molecule has 0 saturated heterocycles. The van der Waals surface area contributed by atoms with E-state index in [1.807, 2.05) is 0 Å². The lowest BCUT2D eigenvalue weighted by molar-refractivity contribution is 0.325. The maximum absolute atomic E-state index is 2.44. The fourth-order valence-electron chi connectivity index (χ4n) is 2.65. The van der Waals surface area contributed by atoms with Gasteiger partial charge in [-0.3, -0.25) is 0 Å². The smallest absolute Gasteiger partial charge is 0.0412 e. The zero-order valence-electron chi connectivity index (χ0n) is 11.5. The number of hydrogen-bond acceptors (Lipinski definition) is 0. The van der Waals surface area contributed by atoms with E-state index in [4.69, 9.17) is 0 Å². The third-order valence-corrected chi connectivity index (χ3v) is 3.43.